The third kappa shape index (κ3) is 1.56. The summed E-state index contributed by atoms with van der Waals surface area (Å²) in [5.74, 6) is 0.765. The fourth-order valence-electron chi connectivity index (χ4n) is 1.90. The highest BCUT2D eigenvalue weighted by Crippen LogP contribution is 2.22. The van der Waals surface area contributed by atoms with E-state index in [0.29, 0.717) is 0 Å². The van der Waals surface area contributed by atoms with Gasteiger partial charge in [-0.1, -0.05) is 6.07 Å². The number of H-pyrrole nitrogens is 1. The van der Waals surface area contributed by atoms with Crippen molar-refractivity contribution in [1.82, 2.24) is 19.5 Å². The largest absolute Gasteiger partial charge is 0.359 e. The van der Waals surface area contributed by atoms with E-state index >= 15 is 0 Å². The number of benzene rings is 1. The second-order valence-corrected chi connectivity index (χ2v) is 3.95. The maximum atomic E-state index is 4.34. The zero-order chi connectivity index (χ0) is 11.8. The third-order valence-electron chi connectivity index (χ3n) is 2.85. The molecule has 0 saturated carbocycles. The molecule has 5 heteroatoms. The molecule has 0 radical (unpaired) electrons. The minimum absolute atomic E-state index is 0.765. The third-order valence-corrected chi connectivity index (χ3v) is 2.85. The van der Waals surface area contributed by atoms with E-state index in [0.717, 1.165) is 28.2 Å². The van der Waals surface area contributed by atoms with Gasteiger partial charge in [-0.25, -0.2) is 9.97 Å². The molecule has 3 aromatic rings. The number of nitrogens with one attached hydrogen (secondary N) is 2. The van der Waals surface area contributed by atoms with Crippen LogP contribution in [0.4, 0.5) is 5.95 Å². The van der Waals surface area contributed by atoms with Gasteiger partial charge in [0.15, 0.2) is 5.95 Å². The molecular formula is C12H13N5. The Morgan fingerprint density at radius 1 is 1.29 bits per heavy atom. The zero-order valence-electron chi connectivity index (χ0n) is 9.73. The molecule has 0 amide bonds. The van der Waals surface area contributed by atoms with Crippen molar-refractivity contribution in [2.24, 2.45) is 7.05 Å². The lowest BCUT2D eigenvalue weighted by Crippen LogP contribution is -1.89. The van der Waals surface area contributed by atoms with Gasteiger partial charge in [-0.3, -0.25) is 0 Å². The number of anilines is 1. The summed E-state index contributed by atoms with van der Waals surface area (Å²) >= 11 is 0. The van der Waals surface area contributed by atoms with Gasteiger partial charge in [-0.15, -0.1) is 0 Å². The van der Waals surface area contributed by atoms with Gasteiger partial charge in [0, 0.05) is 19.7 Å². The summed E-state index contributed by atoms with van der Waals surface area (Å²) in [6, 6.07) is 6.19. The lowest BCUT2D eigenvalue weighted by molar-refractivity contribution is 0.948. The zero-order valence-corrected chi connectivity index (χ0v) is 9.73. The number of aromatic nitrogens is 4. The second kappa shape index (κ2) is 3.62. The molecule has 2 heterocycles. The molecule has 17 heavy (non-hydrogen) atoms. The van der Waals surface area contributed by atoms with E-state index in [9.17, 15) is 0 Å². The van der Waals surface area contributed by atoms with Gasteiger partial charge in [0.25, 0.3) is 0 Å². The predicted octanol–water partition coefficient (Wildman–Crippen LogP) is 2.01. The van der Waals surface area contributed by atoms with E-state index in [1.54, 1.807) is 0 Å². The Balaban J connectivity index is 2.11. The van der Waals surface area contributed by atoms with E-state index in [4.69, 9.17) is 0 Å². The lowest BCUT2D eigenvalue weighted by Gasteiger charge is -1.99. The maximum Gasteiger partial charge on any atom is 0.200 e. The van der Waals surface area contributed by atoms with Crippen LogP contribution in [0.5, 0.6) is 0 Å². The van der Waals surface area contributed by atoms with Crippen LogP contribution in [-0.4, -0.2) is 26.6 Å². The minimum Gasteiger partial charge on any atom is -0.359 e. The molecule has 0 spiro atoms. The first-order valence-electron chi connectivity index (χ1n) is 5.42. The topological polar surface area (TPSA) is 58.5 Å². The highest BCUT2D eigenvalue weighted by Gasteiger charge is 2.05. The van der Waals surface area contributed by atoms with Crippen LogP contribution in [0.3, 0.4) is 0 Å². The number of imidazole rings is 2. The van der Waals surface area contributed by atoms with Gasteiger partial charge in [-0.05, 0) is 12.1 Å². The summed E-state index contributed by atoms with van der Waals surface area (Å²) in [5, 5.41) is 2.97. The van der Waals surface area contributed by atoms with E-state index in [-0.39, 0.29) is 0 Å². The molecule has 5 nitrogen and oxygen atoms in total. The smallest absolute Gasteiger partial charge is 0.200 e. The quantitative estimate of drug-likeness (QED) is 0.704. The van der Waals surface area contributed by atoms with Crippen LogP contribution in [0.15, 0.2) is 30.7 Å². The molecule has 2 N–H and O–H groups in total. The van der Waals surface area contributed by atoms with E-state index in [1.165, 1.54) is 0 Å². The van der Waals surface area contributed by atoms with E-state index in [2.05, 4.69) is 38.5 Å². The molecule has 2 aromatic heterocycles. The molecule has 86 valence electrons. The van der Waals surface area contributed by atoms with E-state index in [1.807, 2.05) is 31.2 Å². The van der Waals surface area contributed by atoms with E-state index < -0.39 is 0 Å². The van der Waals surface area contributed by atoms with Crippen LogP contribution < -0.4 is 5.32 Å². The molecule has 0 fully saturated rings. The fraction of sp³-hybridized carbons (Fsp3) is 0.167. The van der Waals surface area contributed by atoms with Crippen LogP contribution in [0.2, 0.25) is 0 Å². The molecule has 0 atom stereocenters. The molecule has 0 bridgehead atoms. The van der Waals surface area contributed by atoms with Crippen molar-refractivity contribution in [3.63, 3.8) is 0 Å². The van der Waals surface area contributed by atoms with Crippen molar-refractivity contribution in [3.05, 3.63) is 30.7 Å². The normalized spacial score (nSPS) is 10.9. The van der Waals surface area contributed by atoms with Crippen molar-refractivity contribution >= 4 is 17.0 Å². The highest BCUT2D eigenvalue weighted by atomic mass is 15.1. The van der Waals surface area contributed by atoms with Crippen LogP contribution in [0, 0.1) is 0 Å². The summed E-state index contributed by atoms with van der Waals surface area (Å²) < 4.78 is 2.01. The molecular weight excluding hydrogens is 214 g/mol. The Morgan fingerprint density at radius 2 is 2.18 bits per heavy atom. The average molecular weight is 227 g/mol. The fourth-order valence-corrected chi connectivity index (χ4v) is 1.90. The summed E-state index contributed by atoms with van der Waals surface area (Å²) in [6.07, 6.45) is 3.64. The van der Waals surface area contributed by atoms with Crippen LogP contribution in [0.1, 0.15) is 0 Å². The SMILES string of the molecule is CNc1ncc(-c2ccc3c(c2)ncn3C)[nH]1. The van der Waals surface area contributed by atoms with Gasteiger partial charge >= 0.3 is 0 Å². The molecule has 0 aliphatic rings. The van der Waals surface area contributed by atoms with Crippen LogP contribution >= 0.6 is 0 Å². The van der Waals surface area contributed by atoms with Crippen LogP contribution in [0.25, 0.3) is 22.3 Å². The average Bonchev–Trinajstić information content (AvgIpc) is 2.96. The number of hydrogen-bond donors (Lipinski definition) is 2. The Morgan fingerprint density at radius 3 is 2.94 bits per heavy atom. The Kier molecular flexibility index (Phi) is 2.11. The predicted molar refractivity (Wildman–Crippen MR) is 67.8 cm³/mol. The molecule has 0 aliphatic carbocycles. The van der Waals surface area contributed by atoms with Gasteiger partial charge in [-0.2, -0.15) is 0 Å². The summed E-state index contributed by atoms with van der Waals surface area (Å²) in [5.41, 5.74) is 4.19. The van der Waals surface area contributed by atoms with Crippen molar-refractivity contribution in [1.29, 1.82) is 0 Å². The van der Waals surface area contributed by atoms with Crippen molar-refractivity contribution in [2.45, 2.75) is 0 Å². The number of hydrogen-bond acceptors (Lipinski definition) is 3. The highest BCUT2D eigenvalue weighted by molar-refractivity contribution is 5.81. The maximum absolute atomic E-state index is 4.34. The number of rotatable bonds is 2. The summed E-state index contributed by atoms with van der Waals surface area (Å²) in [6.45, 7) is 0. The Bertz CT molecular complexity index is 664. The van der Waals surface area contributed by atoms with Crippen LogP contribution in [-0.2, 0) is 7.05 Å². The first-order valence-corrected chi connectivity index (χ1v) is 5.42. The molecule has 1 aromatic carbocycles. The Labute approximate surface area is 98.5 Å². The van der Waals surface area contributed by atoms with Gasteiger partial charge in [0.1, 0.15) is 0 Å². The van der Waals surface area contributed by atoms with Crippen molar-refractivity contribution < 1.29 is 0 Å². The molecule has 3 rings (SSSR count). The number of aromatic amines is 1. The molecule has 0 unspecified atom stereocenters. The van der Waals surface area contributed by atoms with Crippen molar-refractivity contribution in [3.8, 4) is 11.3 Å². The van der Waals surface area contributed by atoms with Gasteiger partial charge < -0.3 is 14.9 Å². The molecule has 0 saturated heterocycles. The summed E-state index contributed by atoms with van der Waals surface area (Å²) in [4.78, 5) is 11.7. The number of aryl methyl sites for hydroxylation is 1. The number of nitrogens with zero attached hydrogens (tertiary/aromatic N) is 3. The minimum atomic E-state index is 0.765. The monoisotopic (exact) mass is 227 g/mol. The van der Waals surface area contributed by atoms with Crippen molar-refractivity contribution in [2.75, 3.05) is 12.4 Å². The first-order chi connectivity index (χ1) is 8.28. The molecule has 0 aliphatic heterocycles. The Hall–Kier alpha value is -2.30. The standard InChI is InChI=1S/C12H13N5/c1-13-12-14-6-10(16-12)8-3-4-11-9(5-8)15-7-17(11)2/h3-7H,1-2H3,(H2,13,14,16). The summed E-state index contributed by atoms with van der Waals surface area (Å²) in [7, 11) is 3.83. The lowest BCUT2D eigenvalue weighted by atomic mass is 10.1. The van der Waals surface area contributed by atoms with Gasteiger partial charge in [0.05, 0.1) is 29.3 Å². The first kappa shape index (κ1) is 9.89. The number of fused-ring (bicyclic) bond motifs is 1. The second-order valence-electron chi connectivity index (χ2n) is 3.95. The van der Waals surface area contributed by atoms with Gasteiger partial charge in [0.2, 0.25) is 0 Å².